The van der Waals surface area contributed by atoms with Gasteiger partial charge in [0.05, 0.1) is 0 Å². The van der Waals surface area contributed by atoms with E-state index >= 15 is 0 Å². The molecule has 2 heterocycles. The van der Waals surface area contributed by atoms with Gasteiger partial charge in [-0.25, -0.2) is 0 Å². The SMILES string of the molecule is O=C(c1cc(-c2ccccc2)no1)N1CC(CO)C1. The number of likely N-dealkylation sites (tertiary alicyclic amines) is 1. The molecule has 1 aromatic heterocycles. The highest BCUT2D eigenvalue weighted by Gasteiger charge is 2.32. The van der Waals surface area contributed by atoms with Crippen molar-refractivity contribution in [3.63, 3.8) is 0 Å². The van der Waals surface area contributed by atoms with Crippen LogP contribution in [-0.4, -0.2) is 40.8 Å². The zero-order chi connectivity index (χ0) is 13.2. The highest BCUT2D eigenvalue weighted by Crippen LogP contribution is 2.22. The molecule has 5 heteroatoms. The Morgan fingerprint density at radius 3 is 2.79 bits per heavy atom. The minimum absolute atomic E-state index is 0.120. The lowest BCUT2D eigenvalue weighted by atomic mass is 10.0. The van der Waals surface area contributed by atoms with Gasteiger partial charge in [-0.05, 0) is 0 Å². The molecule has 3 rings (SSSR count). The molecule has 0 unspecified atom stereocenters. The largest absolute Gasteiger partial charge is 0.396 e. The molecule has 1 fully saturated rings. The van der Waals surface area contributed by atoms with E-state index < -0.39 is 0 Å². The van der Waals surface area contributed by atoms with Gasteiger partial charge in [-0.2, -0.15) is 0 Å². The molecule has 98 valence electrons. The quantitative estimate of drug-likeness (QED) is 0.903. The summed E-state index contributed by atoms with van der Waals surface area (Å²) in [6.45, 7) is 1.28. The van der Waals surface area contributed by atoms with Crippen LogP contribution >= 0.6 is 0 Å². The number of rotatable bonds is 3. The van der Waals surface area contributed by atoms with Gasteiger partial charge in [-0.3, -0.25) is 4.79 Å². The maximum Gasteiger partial charge on any atom is 0.292 e. The number of carbonyl (C=O) groups excluding carboxylic acids is 1. The summed E-state index contributed by atoms with van der Waals surface area (Å²) in [4.78, 5) is 13.7. The van der Waals surface area contributed by atoms with Crippen LogP contribution in [0.3, 0.4) is 0 Å². The standard InChI is InChI=1S/C14H14N2O3/c17-9-10-7-16(8-10)14(18)13-6-12(15-19-13)11-4-2-1-3-5-11/h1-6,10,17H,7-9H2. The van der Waals surface area contributed by atoms with Crippen molar-refractivity contribution in [3.05, 3.63) is 42.2 Å². The fourth-order valence-electron chi connectivity index (χ4n) is 2.13. The van der Waals surface area contributed by atoms with E-state index in [1.165, 1.54) is 0 Å². The molecular formula is C14H14N2O3. The van der Waals surface area contributed by atoms with Gasteiger partial charge in [-0.1, -0.05) is 35.5 Å². The molecule has 0 aliphatic carbocycles. The van der Waals surface area contributed by atoms with Crippen LogP contribution in [0.4, 0.5) is 0 Å². The second-order valence-electron chi connectivity index (χ2n) is 4.70. The van der Waals surface area contributed by atoms with Gasteiger partial charge in [0.1, 0.15) is 5.69 Å². The third kappa shape index (κ3) is 2.24. The summed E-state index contributed by atoms with van der Waals surface area (Å²) < 4.78 is 5.10. The van der Waals surface area contributed by atoms with Crippen molar-refractivity contribution in [2.24, 2.45) is 5.92 Å². The number of aliphatic hydroxyl groups excluding tert-OH is 1. The number of aromatic nitrogens is 1. The van der Waals surface area contributed by atoms with Crippen molar-refractivity contribution < 1.29 is 14.4 Å². The molecule has 1 aliphatic rings. The van der Waals surface area contributed by atoms with E-state index in [9.17, 15) is 4.79 Å². The van der Waals surface area contributed by atoms with Crippen LogP contribution in [0.25, 0.3) is 11.3 Å². The third-order valence-electron chi connectivity index (χ3n) is 3.29. The Bertz CT molecular complexity index is 573. The molecular weight excluding hydrogens is 244 g/mol. The lowest BCUT2D eigenvalue weighted by molar-refractivity contribution is 0.0326. The zero-order valence-electron chi connectivity index (χ0n) is 10.3. The normalized spacial score (nSPS) is 15.3. The second kappa shape index (κ2) is 4.85. The first-order chi connectivity index (χ1) is 9.28. The maximum absolute atomic E-state index is 12.0. The fourth-order valence-corrected chi connectivity index (χ4v) is 2.13. The van der Waals surface area contributed by atoms with Crippen molar-refractivity contribution in [2.45, 2.75) is 0 Å². The Labute approximate surface area is 110 Å². The molecule has 2 aromatic rings. The Hall–Kier alpha value is -2.14. The molecule has 0 spiro atoms. The van der Waals surface area contributed by atoms with Gasteiger partial charge in [0.2, 0.25) is 5.76 Å². The van der Waals surface area contributed by atoms with Crippen LogP contribution in [0, 0.1) is 5.92 Å². The summed E-state index contributed by atoms with van der Waals surface area (Å²) in [6.07, 6.45) is 0. The third-order valence-corrected chi connectivity index (χ3v) is 3.29. The van der Waals surface area contributed by atoms with Gasteiger partial charge in [0, 0.05) is 37.2 Å². The number of benzene rings is 1. The minimum atomic E-state index is -0.167. The number of aliphatic hydroxyl groups is 1. The van der Waals surface area contributed by atoms with Crippen LogP contribution in [-0.2, 0) is 0 Å². The summed E-state index contributed by atoms with van der Waals surface area (Å²) in [6, 6.07) is 11.2. The summed E-state index contributed by atoms with van der Waals surface area (Å²) >= 11 is 0. The molecule has 1 aromatic carbocycles. The van der Waals surface area contributed by atoms with Crippen molar-refractivity contribution >= 4 is 5.91 Å². The summed E-state index contributed by atoms with van der Waals surface area (Å²) in [5.41, 5.74) is 1.57. The number of nitrogens with zero attached hydrogens (tertiary/aromatic N) is 2. The van der Waals surface area contributed by atoms with Crippen molar-refractivity contribution in [2.75, 3.05) is 19.7 Å². The number of carbonyl (C=O) groups is 1. The number of hydrogen-bond acceptors (Lipinski definition) is 4. The number of amides is 1. The smallest absolute Gasteiger partial charge is 0.292 e. The highest BCUT2D eigenvalue weighted by molar-refractivity contribution is 5.92. The summed E-state index contributed by atoms with van der Waals surface area (Å²) in [5.74, 6) is 0.273. The molecule has 0 saturated carbocycles. The van der Waals surface area contributed by atoms with Gasteiger partial charge in [-0.15, -0.1) is 0 Å². The van der Waals surface area contributed by atoms with Crippen LogP contribution < -0.4 is 0 Å². The minimum Gasteiger partial charge on any atom is -0.396 e. The molecule has 1 N–H and O–H groups in total. The van der Waals surface area contributed by atoms with E-state index in [1.54, 1.807) is 11.0 Å². The van der Waals surface area contributed by atoms with E-state index in [4.69, 9.17) is 9.63 Å². The zero-order valence-corrected chi connectivity index (χ0v) is 10.3. The van der Waals surface area contributed by atoms with Crippen LogP contribution in [0.1, 0.15) is 10.6 Å². The molecule has 1 aliphatic heterocycles. The van der Waals surface area contributed by atoms with Crippen molar-refractivity contribution in [1.29, 1.82) is 0 Å². The topological polar surface area (TPSA) is 66.6 Å². The van der Waals surface area contributed by atoms with E-state index in [1.807, 2.05) is 30.3 Å². The first-order valence-electron chi connectivity index (χ1n) is 6.20. The van der Waals surface area contributed by atoms with Gasteiger partial charge in [0.25, 0.3) is 5.91 Å². The van der Waals surface area contributed by atoms with E-state index in [-0.39, 0.29) is 24.2 Å². The molecule has 1 amide bonds. The van der Waals surface area contributed by atoms with Crippen molar-refractivity contribution in [3.8, 4) is 11.3 Å². The second-order valence-corrected chi connectivity index (χ2v) is 4.70. The van der Waals surface area contributed by atoms with E-state index in [0.29, 0.717) is 18.8 Å². The monoisotopic (exact) mass is 258 g/mol. The average Bonchev–Trinajstić information content (AvgIpc) is 2.88. The average molecular weight is 258 g/mol. The molecule has 1 saturated heterocycles. The molecule has 0 atom stereocenters. The van der Waals surface area contributed by atoms with Crippen LogP contribution in [0.5, 0.6) is 0 Å². The molecule has 19 heavy (non-hydrogen) atoms. The first-order valence-corrected chi connectivity index (χ1v) is 6.20. The first kappa shape index (κ1) is 11.9. The predicted molar refractivity (Wildman–Crippen MR) is 68.4 cm³/mol. The van der Waals surface area contributed by atoms with E-state index in [0.717, 1.165) is 5.56 Å². The Kier molecular flexibility index (Phi) is 3.05. The fraction of sp³-hybridized carbons (Fsp3) is 0.286. The Morgan fingerprint density at radius 1 is 1.37 bits per heavy atom. The van der Waals surface area contributed by atoms with Gasteiger partial charge in [0.15, 0.2) is 0 Å². The summed E-state index contributed by atoms with van der Waals surface area (Å²) in [5, 5.41) is 12.9. The maximum atomic E-state index is 12.0. The van der Waals surface area contributed by atoms with Gasteiger partial charge < -0.3 is 14.5 Å². The van der Waals surface area contributed by atoms with Gasteiger partial charge >= 0.3 is 0 Å². The van der Waals surface area contributed by atoms with E-state index in [2.05, 4.69) is 5.16 Å². The lowest BCUT2D eigenvalue weighted by Crippen LogP contribution is -2.51. The summed E-state index contributed by atoms with van der Waals surface area (Å²) in [7, 11) is 0. The Balaban J connectivity index is 1.73. The predicted octanol–water partition coefficient (Wildman–Crippen LogP) is 1.41. The molecule has 0 bridgehead atoms. The number of hydrogen-bond donors (Lipinski definition) is 1. The Morgan fingerprint density at radius 2 is 2.11 bits per heavy atom. The van der Waals surface area contributed by atoms with Crippen LogP contribution in [0.15, 0.2) is 40.9 Å². The molecule has 0 radical (unpaired) electrons. The van der Waals surface area contributed by atoms with Crippen LogP contribution in [0.2, 0.25) is 0 Å². The molecule has 5 nitrogen and oxygen atoms in total. The highest BCUT2D eigenvalue weighted by atomic mass is 16.5. The van der Waals surface area contributed by atoms with Crippen molar-refractivity contribution in [1.82, 2.24) is 10.1 Å². The lowest BCUT2D eigenvalue weighted by Gasteiger charge is -2.37.